The Morgan fingerprint density at radius 2 is 2.04 bits per heavy atom. The molecule has 2 N–H and O–H groups in total. The molecule has 1 heterocycles. The number of rotatable bonds is 6. The Hall–Kier alpha value is -2.09. The molecule has 2 aromatic rings. The first-order valence-corrected chi connectivity index (χ1v) is 8.25. The molecule has 23 heavy (non-hydrogen) atoms. The Kier molecular flexibility index (Phi) is 6.40. The second-order valence-corrected chi connectivity index (χ2v) is 6.35. The summed E-state index contributed by atoms with van der Waals surface area (Å²) in [4.78, 5) is 28.0. The number of Topliss-reactive ketones (excluding diaryl/α,β-unsaturated/α-hetero) is 1. The zero-order valence-electron chi connectivity index (χ0n) is 11.9. The molecule has 0 radical (unpaired) electrons. The fourth-order valence-electron chi connectivity index (χ4n) is 1.70. The van der Waals surface area contributed by atoms with Gasteiger partial charge in [0.25, 0.3) is 5.91 Å². The quantitative estimate of drug-likeness (QED) is 0.260. The van der Waals surface area contributed by atoms with Crippen LogP contribution in [0.1, 0.15) is 20.8 Å². The molecule has 0 bridgehead atoms. The fraction of sp³-hybridized carbons (Fsp3) is 0.0625. The summed E-state index contributed by atoms with van der Waals surface area (Å²) in [7, 11) is 0. The predicted octanol–water partition coefficient (Wildman–Crippen LogP) is 3.33. The summed E-state index contributed by atoms with van der Waals surface area (Å²) in [5.41, 5.74) is 2.81. The maximum atomic E-state index is 12.0. The van der Waals surface area contributed by atoms with Gasteiger partial charge in [-0.15, -0.1) is 11.3 Å². The van der Waals surface area contributed by atoms with Gasteiger partial charge in [-0.05, 0) is 33.6 Å². The number of nitrogens with one attached hydrogen (secondary N) is 1. The van der Waals surface area contributed by atoms with Crippen molar-refractivity contribution >= 4 is 51.2 Å². The number of benzene rings is 1. The van der Waals surface area contributed by atoms with E-state index in [1.165, 1.54) is 17.6 Å². The number of hydrogen-bond acceptors (Lipinski definition) is 5. The van der Waals surface area contributed by atoms with Crippen LogP contribution in [0, 0.1) is 0 Å². The molecule has 0 aliphatic heterocycles. The second-order valence-electron chi connectivity index (χ2n) is 4.49. The van der Waals surface area contributed by atoms with Gasteiger partial charge in [0.15, 0.2) is 5.78 Å². The van der Waals surface area contributed by atoms with Crippen molar-refractivity contribution in [3.8, 4) is 0 Å². The minimum absolute atomic E-state index is 0.0810. The van der Waals surface area contributed by atoms with Crippen molar-refractivity contribution < 1.29 is 14.8 Å². The van der Waals surface area contributed by atoms with Crippen molar-refractivity contribution in [3.05, 3.63) is 62.3 Å². The first kappa shape index (κ1) is 17.3. The Morgan fingerprint density at radius 3 is 2.65 bits per heavy atom. The van der Waals surface area contributed by atoms with Gasteiger partial charge in [-0.2, -0.15) is 0 Å². The summed E-state index contributed by atoms with van der Waals surface area (Å²) in [5.74, 6) is -0.694. The number of halogens is 1. The molecule has 0 unspecified atom stereocenters. The fourth-order valence-corrected chi connectivity index (χ4v) is 3.02. The number of amides is 1. The number of thiophene rings is 1. The predicted molar refractivity (Wildman–Crippen MR) is 94.2 cm³/mol. The topological polar surface area (TPSA) is 78.8 Å². The third-order valence-corrected chi connectivity index (χ3v) is 4.44. The molecular formula is C16H13BrN2O3S. The lowest BCUT2D eigenvalue weighted by Crippen LogP contribution is -2.14. The first-order chi connectivity index (χ1) is 11.1. The Labute approximate surface area is 145 Å². The Balaban J connectivity index is 1.93. The molecule has 1 amide bonds. The van der Waals surface area contributed by atoms with Crippen LogP contribution in [0.2, 0.25) is 0 Å². The van der Waals surface area contributed by atoms with Gasteiger partial charge in [0.1, 0.15) is 6.54 Å². The highest BCUT2D eigenvalue weighted by atomic mass is 79.9. The molecule has 1 aromatic heterocycles. The van der Waals surface area contributed by atoms with E-state index in [9.17, 15) is 9.59 Å². The van der Waals surface area contributed by atoms with Crippen molar-refractivity contribution in [3.63, 3.8) is 0 Å². The van der Waals surface area contributed by atoms with Crippen LogP contribution in [0.4, 0.5) is 0 Å². The van der Waals surface area contributed by atoms with Crippen LogP contribution in [-0.4, -0.2) is 29.7 Å². The van der Waals surface area contributed by atoms with E-state index in [4.69, 9.17) is 5.21 Å². The average Bonchev–Trinajstić information content (AvgIpc) is 2.98. The van der Waals surface area contributed by atoms with E-state index in [0.717, 1.165) is 14.9 Å². The summed E-state index contributed by atoms with van der Waals surface area (Å²) in [6.07, 6.45) is 4.41. The molecule has 0 aliphatic rings. The number of nitrogens with zero attached hydrogens (tertiary/aromatic N) is 1. The number of carbonyl (C=O) groups is 2. The number of ketones is 1. The van der Waals surface area contributed by atoms with E-state index in [1.54, 1.807) is 41.8 Å². The molecule has 0 spiro atoms. The standard InChI is InChI=1S/C16H13BrN2O3S/c17-13-7-14(23-10-13)8-18-9-15(20)12-4-1-11(2-5-12)3-6-16(21)19-22/h1-8,10,22H,9H2,(H,19,21)/b6-3+,18-8?. The zero-order chi connectivity index (χ0) is 16.7. The van der Waals surface area contributed by atoms with Crippen LogP contribution < -0.4 is 5.48 Å². The molecule has 5 nitrogen and oxygen atoms in total. The van der Waals surface area contributed by atoms with Gasteiger partial charge in [0.05, 0.1) is 0 Å². The summed E-state index contributed by atoms with van der Waals surface area (Å²) in [6, 6.07) is 8.72. The molecule has 0 saturated carbocycles. The largest absolute Gasteiger partial charge is 0.292 e. The van der Waals surface area contributed by atoms with Crippen molar-refractivity contribution in [1.29, 1.82) is 0 Å². The van der Waals surface area contributed by atoms with Crippen molar-refractivity contribution in [1.82, 2.24) is 5.48 Å². The van der Waals surface area contributed by atoms with Crippen LogP contribution >= 0.6 is 27.3 Å². The third-order valence-electron chi connectivity index (χ3n) is 2.81. The van der Waals surface area contributed by atoms with E-state index in [1.807, 2.05) is 11.4 Å². The molecule has 0 atom stereocenters. The van der Waals surface area contributed by atoms with Gasteiger partial charge >= 0.3 is 0 Å². The highest BCUT2D eigenvalue weighted by molar-refractivity contribution is 9.10. The normalized spacial score (nSPS) is 11.2. The molecule has 0 saturated heterocycles. The van der Waals surface area contributed by atoms with Gasteiger partial charge in [0.2, 0.25) is 0 Å². The highest BCUT2D eigenvalue weighted by Crippen LogP contribution is 2.17. The van der Waals surface area contributed by atoms with Crippen molar-refractivity contribution in [2.75, 3.05) is 6.54 Å². The van der Waals surface area contributed by atoms with Gasteiger partial charge in [0, 0.05) is 32.6 Å². The maximum Gasteiger partial charge on any atom is 0.267 e. The summed E-state index contributed by atoms with van der Waals surface area (Å²) in [5, 5.41) is 10.3. The monoisotopic (exact) mass is 392 g/mol. The Morgan fingerprint density at radius 1 is 1.30 bits per heavy atom. The molecular weight excluding hydrogens is 380 g/mol. The van der Waals surface area contributed by atoms with Crippen molar-refractivity contribution in [2.45, 2.75) is 0 Å². The SMILES string of the molecule is O=C(/C=C/c1ccc(C(=O)CN=Cc2cc(Br)cs2)cc1)NO. The summed E-state index contributed by atoms with van der Waals surface area (Å²) >= 11 is 4.90. The number of aliphatic imine (C=N–C) groups is 1. The first-order valence-electron chi connectivity index (χ1n) is 6.58. The molecule has 2 rings (SSSR count). The lowest BCUT2D eigenvalue weighted by atomic mass is 10.1. The lowest BCUT2D eigenvalue weighted by Gasteiger charge is -1.99. The van der Waals surface area contributed by atoms with Gasteiger partial charge in [-0.25, -0.2) is 5.48 Å². The van der Waals surface area contributed by atoms with E-state index in [0.29, 0.717) is 5.56 Å². The minimum atomic E-state index is -0.611. The van der Waals surface area contributed by atoms with Crippen molar-refractivity contribution in [2.24, 2.45) is 4.99 Å². The smallest absolute Gasteiger partial charge is 0.267 e. The molecule has 0 fully saturated rings. The zero-order valence-corrected chi connectivity index (χ0v) is 14.3. The van der Waals surface area contributed by atoms with E-state index in [2.05, 4.69) is 20.9 Å². The van der Waals surface area contributed by atoms with E-state index >= 15 is 0 Å². The van der Waals surface area contributed by atoms with E-state index in [-0.39, 0.29) is 12.3 Å². The van der Waals surface area contributed by atoms with Crippen LogP contribution in [0.5, 0.6) is 0 Å². The average molecular weight is 393 g/mol. The van der Waals surface area contributed by atoms with Gasteiger partial charge in [-0.1, -0.05) is 24.3 Å². The van der Waals surface area contributed by atoms with Crippen LogP contribution in [0.15, 0.2) is 51.3 Å². The van der Waals surface area contributed by atoms with Crippen LogP contribution in [-0.2, 0) is 4.79 Å². The second kappa shape index (κ2) is 8.52. The third kappa shape index (κ3) is 5.55. The molecule has 118 valence electrons. The molecule has 0 aliphatic carbocycles. The lowest BCUT2D eigenvalue weighted by molar-refractivity contribution is -0.124. The summed E-state index contributed by atoms with van der Waals surface area (Å²) in [6.45, 7) is 0.0810. The summed E-state index contributed by atoms with van der Waals surface area (Å²) < 4.78 is 0.994. The molecule has 7 heteroatoms. The Bertz CT molecular complexity index is 751. The molecule has 1 aromatic carbocycles. The van der Waals surface area contributed by atoms with E-state index < -0.39 is 5.91 Å². The number of carbonyl (C=O) groups excluding carboxylic acids is 2. The van der Waals surface area contributed by atoms with Crippen LogP contribution in [0.25, 0.3) is 6.08 Å². The number of hydroxylamine groups is 1. The highest BCUT2D eigenvalue weighted by Gasteiger charge is 2.04. The van der Waals surface area contributed by atoms with Crippen LogP contribution in [0.3, 0.4) is 0 Å². The van der Waals surface area contributed by atoms with Gasteiger partial charge in [-0.3, -0.25) is 19.8 Å². The number of hydrogen-bond donors (Lipinski definition) is 2. The van der Waals surface area contributed by atoms with Gasteiger partial charge < -0.3 is 0 Å². The minimum Gasteiger partial charge on any atom is -0.292 e. The maximum absolute atomic E-state index is 12.0.